The van der Waals surface area contributed by atoms with Crippen molar-refractivity contribution in [2.24, 2.45) is 0 Å². The summed E-state index contributed by atoms with van der Waals surface area (Å²) >= 11 is 7.29. The minimum Gasteiger partial charge on any atom is -0.384 e. The molecule has 90 valence electrons. The van der Waals surface area contributed by atoms with Crippen LogP contribution in [0.4, 0.5) is 5.69 Å². The lowest BCUT2D eigenvalue weighted by molar-refractivity contribution is 0.646. The highest BCUT2D eigenvalue weighted by molar-refractivity contribution is 7.16. The second-order valence-electron chi connectivity index (χ2n) is 3.48. The maximum Gasteiger partial charge on any atom is 0.269 e. The van der Waals surface area contributed by atoms with E-state index < -0.39 is 0 Å². The van der Waals surface area contributed by atoms with Crippen molar-refractivity contribution in [2.75, 3.05) is 11.9 Å². The molecule has 2 aromatic rings. The molecule has 2 rings (SSSR count). The van der Waals surface area contributed by atoms with Crippen molar-refractivity contribution in [3.8, 4) is 0 Å². The van der Waals surface area contributed by atoms with E-state index in [0.717, 1.165) is 21.4 Å². The molecule has 6 heteroatoms. The molecule has 2 aromatic heterocycles. The van der Waals surface area contributed by atoms with E-state index in [0.29, 0.717) is 6.54 Å². The van der Waals surface area contributed by atoms with E-state index in [9.17, 15) is 4.79 Å². The number of nitrogens with zero attached hydrogens (tertiary/aromatic N) is 2. The number of hydrogen-bond donors (Lipinski definition) is 1. The van der Waals surface area contributed by atoms with Gasteiger partial charge in [-0.25, -0.2) is 4.68 Å². The summed E-state index contributed by atoms with van der Waals surface area (Å²) in [5.74, 6) is 0. The first-order chi connectivity index (χ1) is 8.19. The number of hydrogen-bond acceptors (Lipinski definition) is 4. The zero-order chi connectivity index (χ0) is 12.3. The van der Waals surface area contributed by atoms with Gasteiger partial charge in [0.1, 0.15) is 0 Å². The number of halogens is 1. The number of anilines is 1. The number of thiophene rings is 1. The minimum absolute atomic E-state index is 0.118. The fourth-order valence-electron chi connectivity index (χ4n) is 1.44. The van der Waals surface area contributed by atoms with Crippen LogP contribution in [0.3, 0.4) is 0 Å². The highest BCUT2D eigenvalue weighted by Gasteiger charge is 2.03. The topological polar surface area (TPSA) is 46.9 Å². The van der Waals surface area contributed by atoms with E-state index in [1.165, 1.54) is 16.0 Å². The van der Waals surface area contributed by atoms with Crippen LogP contribution in [0, 0.1) is 0 Å². The SMILES string of the molecule is CCNc1cnn(Cc2ccc(Cl)s2)c(=O)c1. The normalized spacial score (nSPS) is 10.5. The third kappa shape index (κ3) is 3.08. The zero-order valence-corrected chi connectivity index (χ0v) is 10.9. The molecule has 0 atom stereocenters. The molecule has 17 heavy (non-hydrogen) atoms. The standard InChI is InChI=1S/C11H12ClN3OS/c1-2-13-8-5-11(16)15(14-6-8)7-9-3-4-10(12)17-9/h3-6,13H,2,7H2,1H3. The summed E-state index contributed by atoms with van der Waals surface area (Å²) in [7, 11) is 0. The highest BCUT2D eigenvalue weighted by Crippen LogP contribution is 2.21. The molecule has 4 nitrogen and oxygen atoms in total. The Labute approximate surface area is 108 Å². The molecule has 0 aliphatic heterocycles. The van der Waals surface area contributed by atoms with Gasteiger partial charge in [-0.1, -0.05) is 11.6 Å². The molecule has 1 N–H and O–H groups in total. The maximum atomic E-state index is 11.8. The van der Waals surface area contributed by atoms with Crippen molar-refractivity contribution in [1.29, 1.82) is 0 Å². The Morgan fingerprint density at radius 2 is 2.35 bits per heavy atom. The molecule has 0 amide bonds. The average Bonchev–Trinajstić information content (AvgIpc) is 2.69. The van der Waals surface area contributed by atoms with Crippen LogP contribution in [0.2, 0.25) is 4.34 Å². The van der Waals surface area contributed by atoms with Crippen molar-refractivity contribution < 1.29 is 0 Å². The van der Waals surface area contributed by atoms with Crippen LogP contribution >= 0.6 is 22.9 Å². The molecule has 0 saturated carbocycles. The van der Waals surface area contributed by atoms with Gasteiger partial charge < -0.3 is 5.32 Å². The van der Waals surface area contributed by atoms with E-state index >= 15 is 0 Å². The van der Waals surface area contributed by atoms with E-state index in [1.54, 1.807) is 12.3 Å². The van der Waals surface area contributed by atoms with Crippen molar-refractivity contribution in [1.82, 2.24) is 9.78 Å². The van der Waals surface area contributed by atoms with E-state index in [1.807, 2.05) is 19.1 Å². The van der Waals surface area contributed by atoms with Crippen LogP contribution < -0.4 is 10.9 Å². The highest BCUT2D eigenvalue weighted by atomic mass is 35.5. The smallest absolute Gasteiger partial charge is 0.269 e. The largest absolute Gasteiger partial charge is 0.384 e. The Morgan fingerprint density at radius 3 is 2.94 bits per heavy atom. The first-order valence-corrected chi connectivity index (χ1v) is 6.43. The lowest BCUT2D eigenvalue weighted by Gasteiger charge is -2.05. The molecule has 0 aliphatic carbocycles. The van der Waals surface area contributed by atoms with Crippen LogP contribution in [0.1, 0.15) is 11.8 Å². The first-order valence-electron chi connectivity index (χ1n) is 5.24. The van der Waals surface area contributed by atoms with Crippen LogP contribution in [0.5, 0.6) is 0 Å². The molecule has 0 spiro atoms. The Morgan fingerprint density at radius 1 is 1.53 bits per heavy atom. The van der Waals surface area contributed by atoms with Gasteiger partial charge in [-0.2, -0.15) is 5.10 Å². The van der Waals surface area contributed by atoms with Gasteiger partial charge in [-0.05, 0) is 19.1 Å². The summed E-state index contributed by atoms with van der Waals surface area (Å²) in [6, 6.07) is 5.27. The Bertz CT molecular complexity index is 564. The molecule has 0 aromatic carbocycles. The van der Waals surface area contributed by atoms with Crippen molar-refractivity contribution >= 4 is 28.6 Å². The summed E-state index contributed by atoms with van der Waals surface area (Å²) in [5.41, 5.74) is 0.630. The lowest BCUT2D eigenvalue weighted by Crippen LogP contribution is -2.22. The van der Waals surface area contributed by atoms with Crippen LogP contribution in [0.25, 0.3) is 0 Å². The monoisotopic (exact) mass is 269 g/mol. The summed E-state index contributed by atoms with van der Waals surface area (Å²) in [5, 5.41) is 7.16. The molecule has 0 aliphatic rings. The minimum atomic E-state index is -0.118. The number of aromatic nitrogens is 2. The second kappa shape index (κ2) is 5.33. The van der Waals surface area contributed by atoms with Gasteiger partial charge in [0.25, 0.3) is 5.56 Å². The van der Waals surface area contributed by atoms with Crippen LogP contribution in [0.15, 0.2) is 29.2 Å². The second-order valence-corrected chi connectivity index (χ2v) is 5.28. The maximum absolute atomic E-state index is 11.8. The van der Waals surface area contributed by atoms with E-state index in [-0.39, 0.29) is 5.56 Å². The summed E-state index contributed by atoms with van der Waals surface area (Å²) in [6.07, 6.45) is 1.65. The molecular formula is C11H12ClN3OS. The van der Waals surface area contributed by atoms with E-state index in [2.05, 4.69) is 10.4 Å². The molecule has 2 heterocycles. The number of rotatable bonds is 4. The fourth-order valence-corrected chi connectivity index (χ4v) is 2.51. The van der Waals surface area contributed by atoms with Gasteiger partial charge >= 0.3 is 0 Å². The molecule has 0 bridgehead atoms. The Kier molecular flexibility index (Phi) is 3.81. The van der Waals surface area contributed by atoms with Gasteiger partial charge in [0, 0.05) is 17.5 Å². The van der Waals surface area contributed by atoms with Crippen molar-refractivity contribution in [2.45, 2.75) is 13.5 Å². The van der Waals surface area contributed by atoms with Gasteiger partial charge in [0.15, 0.2) is 0 Å². The quantitative estimate of drug-likeness (QED) is 0.927. The average molecular weight is 270 g/mol. The summed E-state index contributed by atoms with van der Waals surface area (Å²) in [4.78, 5) is 12.8. The van der Waals surface area contributed by atoms with Gasteiger partial charge in [-0.3, -0.25) is 4.79 Å². The predicted octanol–water partition coefficient (Wildman–Crippen LogP) is 2.44. The van der Waals surface area contributed by atoms with Crippen molar-refractivity contribution in [3.63, 3.8) is 0 Å². The van der Waals surface area contributed by atoms with Gasteiger partial charge in [0.05, 0.1) is 22.8 Å². The molecule has 0 fully saturated rings. The fraction of sp³-hybridized carbons (Fsp3) is 0.273. The Hall–Kier alpha value is -1.33. The third-order valence-electron chi connectivity index (χ3n) is 2.18. The first kappa shape index (κ1) is 12.1. The molecule has 0 radical (unpaired) electrons. The Balaban J connectivity index is 2.19. The van der Waals surface area contributed by atoms with Crippen LogP contribution in [-0.4, -0.2) is 16.3 Å². The third-order valence-corrected chi connectivity index (χ3v) is 3.40. The molecule has 0 saturated heterocycles. The van der Waals surface area contributed by atoms with Gasteiger partial charge in [-0.15, -0.1) is 11.3 Å². The number of nitrogens with one attached hydrogen (secondary N) is 1. The summed E-state index contributed by atoms with van der Waals surface area (Å²) < 4.78 is 2.14. The van der Waals surface area contributed by atoms with E-state index in [4.69, 9.17) is 11.6 Å². The predicted molar refractivity (Wildman–Crippen MR) is 71.1 cm³/mol. The lowest BCUT2D eigenvalue weighted by atomic mass is 10.4. The molecule has 0 unspecified atom stereocenters. The molecular weight excluding hydrogens is 258 g/mol. The van der Waals surface area contributed by atoms with Crippen LogP contribution in [-0.2, 0) is 6.54 Å². The summed E-state index contributed by atoms with van der Waals surface area (Å²) in [6.45, 7) is 3.20. The zero-order valence-electron chi connectivity index (χ0n) is 9.31. The van der Waals surface area contributed by atoms with Gasteiger partial charge in [0.2, 0.25) is 0 Å². The van der Waals surface area contributed by atoms with Crippen molar-refractivity contribution in [3.05, 3.63) is 44.0 Å².